The molecule has 0 aliphatic rings. The fourth-order valence-electron chi connectivity index (χ4n) is 1.54. The number of rotatable bonds is 4. The van der Waals surface area contributed by atoms with Gasteiger partial charge in [0.05, 0.1) is 11.4 Å². The van der Waals surface area contributed by atoms with Crippen molar-refractivity contribution in [3.8, 4) is 5.75 Å². The van der Waals surface area contributed by atoms with Crippen LogP contribution < -0.4 is 15.8 Å². The second-order valence-corrected chi connectivity index (χ2v) is 5.71. The van der Waals surface area contributed by atoms with Gasteiger partial charge in [0.2, 0.25) is 0 Å². The summed E-state index contributed by atoms with van der Waals surface area (Å²) < 4.78 is 6.44. The maximum atomic E-state index is 11.8. The van der Waals surface area contributed by atoms with Crippen molar-refractivity contribution in [3.63, 3.8) is 0 Å². The van der Waals surface area contributed by atoms with Crippen molar-refractivity contribution in [2.75, 3.05) is 17.7 Å². The zero-order valence-electron chi connectivity index (χ0n) is 10.4. The van der Waals surface area contributed by atoms with Gasteiger partial charge in [-0.1, -0.05) is 17.7 Å². The molecule has 1 amide bonds. The highest BCUT2D eigenvalue weighted by Gasteiger charge is 2.06. The molecule has 2 aromatic carbocycles. The van der Waals surface area contributed by atoms with Crippen molar-refractivity contribution in [1.29, 1.82) is 0 Å². The molecule has 2 rings (SSSR count). The SMILES string of the molecule is Nc1cc(Cl)ccc1NC(=O)COc1cccc(I)c1. The molecule has 20 heavy (non-hydrogen) atoms. The minimum absolute atomic E-state index is 0.0812. The number of anilines is 2. The van der Waals surface area contributed by atoms with Crippen LogP contribution in [0.25, 0.3) is 0 Å². The van der Waals surface area contributed by atoms with Gasteiger partial charge < -0.3 is 15.8 Å². The Labute approximate surface area is 135 Å². The van der Waals surface area contributed by atoms with Gasteiger partial charge in [-0.2, -0.15) is 0 Å². The first kappa shape index (κ1) is 14.9. The lowest BCUT2D eigenvalue weighted by atomic mass is 10.2. The molecule has 0 fully saturated rings. The summed E-state index contributed by atoms with van der Waals surface area (Å²) >= 11 is 7.97. The first-order chi connectivity index (χ1) is 9.54. The van der Waals surface area contributed by atoms with Crippen LogP contribution in [0, 0.1) is 3.57 Å². The Balaban J connectivity index is 1.92. The van der Waals surface area contributed by atoms with Crippen LogP contribution in [0.4, 0.5) is 11.4 Å². The van der Waals surface area contributed by atoms with Crippen LogP contribution in [-0.4, -0.2) is 12.5 Å². The Kier molecular flexibility index (Phi) is 5.08. The molecule has 6 heteroatoms. The van der Waals surface area contributed by atoms with Gasteiger partial charge in [-0.05, 0) is 59.0 Å². The predicted molar refractivity (Wildman–Crippen MR) is 89.1 cm³/mol. The number of hydrogen-bond donors (Lipinski definition) is 2. The number of ether oxygens (including phenoxy) is 1. The summed E-state index contributed by atoms with van der Waals surface area (Å²) in [6, 6.07) is 12.4. The summed E-state index contributed by atoms with van der Waals surface area (Å²) in [7, 11) is 0. The van der Waals surface area contributed by atoms with E-state index < -0.39 is 0 Å². The van der Waals surface area contributed by atoms with E-state index in [1.54, 1.807) is 24.3 Å². The van der Waals surface area contributed by atoms with E-state index in [4.69, 9.17) is 22.1 Å². The second kappa shape index (κ2) is 6.81. The monoisotopic (exact) mass is 402 g/mol. The number of amides is 1. The third-order valence-electron chi connectivity index (χ3n) is 2.45. The smallest absolute Gasteiger partial charge is 0.262 e. The van der Waals surface area contributed by atoms with E-state index in [1.165, 1.54) is 0 Å². The highest BCUT2D eigenvalue weighted by molar-refractivity contribution is 14.1. The molecule has 104 valence electrons. The van der Waals surface area contributed by atoms with Crippen molar-refractivity contribution in [1.82, 2.24) is 0 Å². The molecule has 3 N–H and O–H groups in total. The summed E-state index contributed by atoms with van der Waals surface area (Å²) in [5, 5.41) is 3.20. The number of nitrogens with two attached hydrogens (primary N) is 1. The van der Waals surface area contributed by atoms with Crippen LogP contribution in [0.1, 0.15) is 0 Å². The van der Waals surface area contributed by atoms with Gasteiger partial charge in [-0.15, -0.1) is 0 Å². The third-order valence-corrected chi connectivity index (χ3v) is 3.36. The quantitative estimate of drug-likeness (QED) is 0.607. The van der Waals surface area contributed by atoms with E-state index in [2.05, 4.69) is 27.9 Å². The minimum atomic E-state index is -0.280. The summed E-state index contributed by atoms with van der Waals surface area (Å²) in [5.41, 5.74) is 6.69. The van der Waals surface area contributed by atoms with E-state index in [0.717, 1.165) is 3.57 Å². The van der Waals surface area contributed by atoms with Gasteiger partial charge in [0.1, 0.15) is 5.75 Å². The molecule has 4 nitrogen and oxygen atoms in total. The number of nitrogens with one attached hydrogen (secondary N) is 1. The van der Waals surface area contributed by atoms with E-state index in [0.29, 0.717) is 22.1 Å². The van der Waals surface area contributed by atoms with Crippen LogP contribution >= 0.6 is 34.2 Å². The molecule has 0 aliphatic carbocycles. The van der Waals surface area contributed by atoms with Crippen molar-refractivity contribution in [2.45, 2.75) is 0 Å². The van der Waals surface area contributed by atoms with Crippen molar-refractivity contribution < 1.29 is 9.53 Å². The number of carbonyl (C=O) groups is 1. The standard InChI is InChI=1S/C14H12ClIN2O2/c15-9-4-5-13(12(17)6-9)18-14(19)8-20-11-3-1-2-10(16)7-11/h1-7H,8,17H2,(H,18,19). The highest BCUT2D eigenvalue weighted by Crippen LogP contribution is 2.22. The number of carbonyl (C=O) groups excluding carboxylic acids is 1. The molecule has 0 spiro atoms. The fraction of sp³-hybridized carbons (Fsp3) is 0.0714. The van der Waals surface area contributed by atoms with Gasteiger partial charge in [0, 0.05) is 8.59 Å². The van der Waals surface area contributed by atoms with Crippen LogP contribution in [0.15, 0.2) is 42.5 Å². The van der Waals surface area contributed by atoms with E-state index in [9.17, 15) is 4.79 Å². The minimum Gasteiger partial charge on any atom is -0.484 e. The van der Waals surface area contributed by atoms with Gasteiger partial charge in [-0.3, -0.25) is 4.79 Å². The Morgan fingerprint density at radius 1 is 1.30 bits per heavy atom. The second-order valence-electron chi connectivity index (χ2n) is 4.03. The molecule has 0 saturated heterocycles. The number of halogens is 2. The number of nitrogen functional groups attached to an aromatic ring is 1. The topological polar surface area (TPSA) is 64.3 Å². The van der Waals surface area contributed by atoms with Gasteiger partial charge in [0.15, 0.2) is 6.61 Å². The fourth-order valence-corrected chi connectivity index (χ4v) is 2.23. The normalized spacial score (nSPS) is 10.1. The van der Waals surface area contributed by atoms with E-state index >= 15 is 0 Å². The zero-order chi connectivity index (χ0) is 14.5. The molecular weight excluding hydrogens is 391 g/mol. The maximum Gasteiger partial charge on any atom is 0.262 e. The summed E-state index contributed by atoms with van der Waals surface area (Å²) in [6.07, 6.45) is 0. The Morgan fingerprint density at radius 2 is 2.10 bits per heavy atom. The van der Waals surface area contributed by atoms with Gasteiger partial charge in [-0.25, -0.2) is 0 Å². The van der Waals surface area contributed by atoms with Gasteiger partial charge in [0.25, 0.3) is 5.91 Å². The molecule has 0 atom stereocenters. The summed E-state index contributed by atoms with van der Waals surface area (Å²) in [5.74, 6) is 0.369. The highest BCUT2D eigenvalue weighted by atomic mass is 127. The molecule has 0 heterocycles. The van der Waals surface area contributed by atoms with Crippen LogP contribution in [0.5, 0.6) is 5.75 Å². The molecule has 0 aromatic heterocycles. The van der Waals surface area contributed by atoms with E-state index in [-0.39, 0.29) is 12.5 Å². The first-order valence-corrected chi connectivity index (χ1v) is 7.23. The lowest BCUT2D eigenvalue weighted by Gasteiger charge is -2.09. The Hall–Kier alpha value is -1.47. The largest absolute Gasteiger partial charge is 0.484 e. The zero-order valence-corrected chi connectivity index (χ0v) is 13.3. The number of benzene rings is 2. The maximum absolute atomic E-state index is 11.8. The molecule has 0 radical (unpaired) electrons. The average molecular weight is 403 g/mol. The van der Waals surface area contributed by atoms with Crippen LogP contribution in [-0.2, 0) is 4.79 Å². The van der Waals surface area contributed by atoms with Crippen molar-refractivity contribution in [3.05, 3.63) is 51.1 Å². The van der Waals surface area contributed by atoms with Crippen molar-refractivity contribution in [2.24, 2.45) is 0 Å². The molecular formula is C14H12ClIN2O2. The average Bonchev–Trinajstić information content (AvgIpc) is 2.40. The lowest BCUT2D eigenvalue weighted by molar-refractivity contribution is -0.118. The Morgan fingerprint density at radius 3 is 2.80 bits per heavy atom. The van der Waals surface area contributed by atoms with E-state index in [1.807, 2.05) is 18.2 Å². The predicted octanol–water partition coefficient (Wildman–Crippen LogP) is 3.54. The Bertz CT molecular complexity index is 634. The first-order valence-electron chi connectivity index (χ1n) is 5.78. The van der Waals surface area contributed by atoms with Crippen LogP contribution in [0.2, 0.25) is 5.02 Å². The van der Waals surface area contributed by atoms with Gasteiger partial charge >= 0.3 is 0 Å². The molecule has 0 aliphatic heterocycles. The lowest BCUT2D eigenvalue weighted by Crippen LogP contribution is -2.20. The molecule has 0 bridgehead atoms. The van der Waals surface area contributed by atoms with Crippen LogP contribution in [0.3, 0.4) is 0 Å². The van der Waals surface area contributed by atoms with Crippen molar-refractivity contribution >= 4 is 51.5 Å². The molecule has 0 saturated carbocycles. The number of hydrogen-bond acceptors (Lipinski definition) is 3. The molecule has 2 aromatic rings. The molecule has 0 unspecified atom stereocenters. The summed E-state index contributed by atoms with van der Waals surface area (Å²) in [4.78, 5) is 11.8. The summed E-state index contributed by atoms with van der Waals surface area (Å²) in [6.45, 7) is -0.0812. The third kappa shape index (κ3) is 4.28.